The Bertz CT molecular complexity index is 2370. The van der Waals surface area contributed by atoms with Crippen molar-refractivity contribution >= 4 is 39.3 Å². The van der Waals surface area contributed by atoms with Crippen LogP contribution in [0.15, 0.2) is 41.9 Å². The summed E-state index contributed by atoms with van der Waals surface area (Å²) in [5.41, 5.74) is -12.9. The summed E-state index contributed by atoms with van der Waals surface area (Å²) < 4.78 is 296. The molecular formula is C40H20BF20NS. The van der Waals surface area contributed by atoms with E-state index >= 15 is 35.1 Å². The highest BCUT2D eigenvalue weighted by molar-refractivity contribution is 7.20. The van der Waals surface area contributed by atoms with E-state index in [1.165, 1.54) is 37.7 Å². The van der Waals surface area contributed by atoms with Gasteiger partial charge in [0.1, 0.15) is 52.7 Å². The van der Waals surface area contributed by atoms with E-state index < -0.39 is 144 Å². The second kappa shape index (κ2) is 17.9. The molecule has 1 aliphatic rings. The fraction of sp³-hybridized carbons (Fsp3) is 0.175. The molecular weight excluding hydrogens is 917 g/mol. The minimum atomic E-state index is -7.22. The van der Waals surface area contributed by atoms with E-state index in [2.05, 4.69) is 46.5 Å². The molecule has 63 heavy (non-hydrogen) atoms. The molecule has 0 unspecified atom stereocenters. The summed E-state index contributed by atoms with van der Waals surface area (Å²) in [4.78, 5) is 0. The molecule has 23 heteroatoms. The number of hydrogen-bond donors (Lipinski definition) is 0. The van der Waals surface area contributed by atoms with Crippen LogP contribution in [0, 0.1) is 116 Å². The van der Waals surface area contributed by atoms with Crippen LogP contribution in [-0.2, 0) is 6.54 Å². The number of aromatic nitrogens is 1. The lowest BCUT2D eigenvalue weighted by atomic mass is 9.12. The average Bonchev–Trinajstić information content (AvgIpc) is 3.75. The van der Waals surface area contributed by atoms with Gasteiger partial charge in [-0.15, -0.1) is 21.9 Å². The number of halogens is 20. The van der Waals surface area contributed by atoms with Crippen LogP contribution in [0.5, 0.6) is 0 Å². The molecule has 0 amide bonds. The maximum atomic E-state index is 15.4. The van der Waals surface area contributed by atoms with Crippen LogP contribution in [0.4, 0.5) is 87.8 Å². The normalized spacial score (nSPS) is 13.4. The summed E-state index contributed by atoms with van der Waals surface area (Å²) in [6, 6.07) is 10.8. The van der Waals surface area contributed by atoms with E-state index in [1.54, 1.807) is 5.01 Å². The molecule has 6 aromatic rings. The van der Waals surface area contributed by atoms with Gasteiger partial charge in [0.2, 0.25) is 5.01 Å². The zero-order valence-electron chi connectivity index (χ0n) is 30.9. The topological polar surface area (TPSA) is 3.88 Å². The van der Waals surface area contributed by atoms with Crippen molar-refractivity contribution in [1.82, 2.24) is 0 Å². The van der Waals surface area contributed by atoms with E-state index in [9.17, 15) is 52.7 Å². The van der Waals surface area contributed by atoms with Gasteiger partial charge in [-0.1, -0.05) is 60.9 Å². The number of rotatable bonds is 7. The largest absolute Gasteiger partial charge is 0.240 e. The van der Waals surface area contributed by atoms with Gasteiger partial charge in [0.05, 0.1) is 11.3 Å². The lowest BCUT2D eigenvalue weighted by Crippen LogP contribution is -2.81. The summed E-state index contributed by atoms with van der Waals surface area (Å²) in [5.74, 6) is -70.6. The van der Waals surface area contributed by atoms with Gasteiger partial charge in [0.15, 0.2) is 82.5 Å². The van der Waals surface area contributed by atoms with Crippen LogP contribution in [0.2, 0.25) is 0 Å². The third-order valence-corrected chi connectivity index (χ3v) is 11.6. The molecule has 0 N–H and O–H groups in total. The minimum Gasteiger partial charge on any atom is -0.207 e. The molecule has 1 saturated carbocycles. The monoisotopic (exact) mass is 937 g/mol. The first kappa shape index (κ1) is 46.9. The van der Waals surface area contributed by atoms with Crippen molar-refractivity contribution in [3.63, 3.8) is 0 Å². The van der Waals surface area contributed by atoms with Crippen LogP contribution in [-0.4, -0.2) is 6.15 Å². The molecule has 334 valence electrons. The first-order chi connectivity index (χ1) is 29.6. The maximum Gasteiger partial charge on any atom is 0.240 e. The van der Waals surface area contributed by atoms with E-state index in [1.807, 2.05) is 11.3 Å². The zero-order chi connectivity index (χ0) is 46.6. The minimum absolute atomic E-state index is 0.808. The molecule has 1 aliphatic carbocycles. The highest BCUT2D eigenvalue weighted by Crippen LogP contribution is 2.34. The standard InChI is InChI=1S/C24BF20.C16H20NS/c26-5-1(6(27)14(35)21(42)13(5)34)25(2-7(28)15(36)22(43)16(37)8(2)29,3-9(30)17(38)23(44)18(39)10(3)31)4-11(32)19(40)24(45)20(41)12(4)33;1-3-7-14(8-4-1)13-17-11-12-18-16(17)15-9-5-2-6-10-15/h;1,3-4,7-8,11-12,15H,2,5-6,9-10,13H2/q-1;+1. The second-order valence-electron chi connectivity index (χ2n) is 14.0. The van der Waals surface area contributed by atoms with Crippen molar-refractivity contribution in [3.8, 4) is 0 Å². The van der Waals surface area contributed by atoms with Crippen molar-refractivity contribution in [2.24, 2.45) is 0 Å². The van der Waals surface area contributed by atoms with Crippen molar-refractivity contribution in [3.05, 3.63) is 169 Å². The summed E-state index contributed by atoms with van der Waals surface area (Å²) in [6.45, 7) is 1.02. The third kappa shape index (κ3) is 7.58. The molecule has 7 rings (SSSR count). The van der Waals surface area contributed by atoms with E-state index in [0.717, 1.165) is 12.5 Å². The number of hydrogen-bond acceptors (Lipinski definition) is 1. The number of thiazole rings is 1. The van der Waals surface area contributed by atoms with Crippen molar-refractivity contribution in [2.75, 3.05) is 0 Å². The molecule has 1 fully saturated rings. The summed E-state index contributed by atoms with van der Waals surface area (Å²) in [6.07, 6.45) is 2.06. The Morgan fingerprint density at radius 1 is 0.397 bits per heavy atom. The molecule has 1 aromatic heterocycles. The number of nitrogens with zero attached hydrogens (tertiary/aromatic N) is 1. The predicted octanol–water partition coefficient (Wildman–Crippen LogP) is 9.98. The van der Waals surface area contributed by atoms with Gasteiger partial charge >= 0.3 is 0 Å². The smallest absolute Gasteiger partial charge is 0.207 e. The molecule has 1 nitrogen and oxygen atoms in total. The number of benzene rings is 5. The Morgan fingerprint density at radius 3 is 0.984 bits per heavy atom. The van der Waals surface area contributed by atoms with Crippen LogP contribution in [0.3, 0.4) is 0 Å². The Balaban J connectivity index is 0.000000302. The highest BCUT2D eigenvalue weighted by Gasteiger charge is 2.52. The Morgan fingerprint density at radius 2 is 0.683 bits per heavy atom. The quantitative estimate of drug-likeness (QED) is 0.0494. The molecule has 0 aliphatic heterocycles. The van der Waals surface area contributed by atoms with Crippen LogP contribution < -0.4 is 26.4 Å². The van der Waals surface area contributed by atoms with Gasteiger partial charge in [-0.2, -0.15) is 4.57 Å². The molecule has 0 saturated heterocycles. The lowest BCUT2D eigenvalue weighted by Gasteiger charge is -2.44. The molecule has 0 bridgehead atoms. The maximum absolute atomic E-state index is 15.4. The fourth-order valence-electron chi connectivity index (χ4n) is 7.78. The Hall–Kier alpha value is -5.61. The first-order valence-corrected chi connectivity index (χ1v) is 18.8. The van der Waals surface area contributed by atoms with Gasteiger partial charge in [-0.05, 0) is 12.8 Å². The average molecular weight is 937 g/mol. The van der Waals surface area contributed by atoms with E-state index in [0.29, 0.717) is 0 Å². The SMILES string of the molecule is Fc1c(F)c(F)c([B-](c2c(F)c(F)c(F)c(F)c2F)(c2c(F)c(F)c(F)c(F)c2F)c2c(F)c(F)c(F)c(F)c2F)c(F)c1F.c1ccc(C[n+]2ccsc2C2CCCCC2)cc1. The van der Waals surface area contributed by atoms with Gasteiger partial charge in [-0.3, -0.25) is 0 Å². The van der Waals surface area contributed by atoms with Crippen LogP contribution >= 0.6 is 11.3 Å². The summed E-state index contributed by atoms with van der Waals surface area (Å²) in [5, 5.41) is 3.82. The second-order valence-corrected chi connectivity index (χ2v) is 14.9. The summed E-state index contributed by atoms with van der Waals surface area (Å²) in [7, 11) is 0. The first-order valence-electron chi connectivity index (χ1n) is 17.9. The van der Waals surface area contributed by atoms with Crippen LogP contribution in [0.1, 0.15) is 48.6 Å². The van der Waals surface area contributed by atoms with Crippen molar-refractivity contribution in [2.45, 2.75) is 44.6 Å². The molecule has 0 radical (unpaired) electrons. The zero-order valence-corrected chi connectivity index (χ0v) is 31.7. The van der Waals surface area contributed by atoms with Gasteiger partial charge in [0, 0.05) is 5.56 Å². The molecule has 1 heterocycles. The third-order valence-electron chi connectivity index (χ3n) is 10.6. The van der Waals surface area contributed by atoms with E-state index in [-0.39, 0.29) is 0 Å². The Labute approximate surface area is 344 Å². The highest BCUT2D eigenvalue weighted by atomic mass is 32.1. The van der Waals surface area contributed by atoms with Gasteiger partial charge in [-0.25, -0.2) is 87.8 Å². The molecule has 0 spiro atoms. The fourth-order valence-corrected chi connectivity index (χ4v) is 8.82. The van der Waals surface area contributed by atoms with Crippen molar-refractivity contribution < 1.29 is 92.4 Å². The molecule has 5 aromatic carbocycles. The molecule has 0 atom stereocenters. The lowest BCUT2D eigenvalue weighted by molar-refractivity contribution is -0.692. The van der Waals surface area contributed by atoms with Gasteiger partial charge in [0.25, 0.3) is 0 Å². The Kier molecular flexibility index (Phi) is 13.3. The summed E-state index contributed by atoms with van der Waals surface area (Å²) >= 11 is 1.94. The van der Waals surface area contributed by atoms with E-state index in [4.69, 9.17) is 0 Å². The van der Waals surface area contributed by atoms with Crippen molar-refractivity contribution in [1.29, 1.82) is 0 Å². The van der Waals surface area contributed by atoms with Crippen LogP contribution in [0.25, 0.3) is 0 Å². The van der Waals surface area contributed by atoms with Gasteiger partial charge < -0.3 is 0 Å². The predicted molar refractivity (Wildman–Crippen MR) is 185 cm³/mol.